The topological polar surface area (TPSA) is 67.5 Å². The molecule has 0 radical (unpaired) electrons. The molecule has 0 spiro atoms. The first-order valence-electron chi connectivity index (χ1n) is 4.55. The molecule has 1 N–H and O–H groups in total. The van der Waals surface area contributed by atoms with E-state index >= 15 is 0 Å². The normalized spacial score (nSPS) is 11.3. The van der Waals surface area contributed by atoms with Crippen molar-refractivity contribution in [3.63, 3.8) is 0 Å². The molecule has 0 bridgehead atoms. The quantitative estimate of drug-likeness (QED) is 0.440. The summed E-state index contributed by atoms with van der Waals surface area (Å²) >= 11 is 0. The second-order valence-corrected chi connectivity index (χ2v) is 4.71. The summed E-state index contributed by atoms with van der Waals surface area (Å²) in [6.45, 7) is 2.12. The Bertz CT molecular complexity index is 416. The number of aromatic nitrogens is 1. The van der Waals surface area contributed by atoms with Crippen LogP contribution in [0.3, 0.4) is 0 Å². The third kappa shape index (κ3) is 4.75. The smallest absolute Gasteiger partial charge is 0.264 e. The molecule has 0 fully saturated rings. The number of hydrogen-bond acceptors (Lipinski definition) is 3. The predicted molar refractivity (Wildman–Crippen MR) is 53.9 cm³/mol. The summed E-state index contributed by atoms with van der Waals surface area (Å²) in [5.41, 5.74) is 0.921. The lowest BCUT2D eigenvalue weighted by atomic mass is 10.4. The van der Waals surface area contributed by atoms with Crippen molar-refractivity contribution >= 4 is 10.1 Å². The Balaban J connectivity index is 2.36. The van der Waals surface area contributed by atoms with Crippen LogP contribution in [0.15, 0.2) is 24.4 Å². The third-order valence-electron chi connectivity index (χ3n) is 1.79. The average Bonchev–Trinajstić information content (AvgIpc) is 2.13. The van der Waals surface area contributed by atoms with Crippen molar-refractivity contribution in [3.8, 4) is 0 Å². The van der Waals surface area contributed by atoms with Crippen LogP contribution in [-0.2, 0) is 10.1 Å². The Morgan fingerprint density at radius 3 is 2.80 bits per heavy atom. The summed E-state index contributed by atoms with van der Waals surface area (Å²) in [4.78, 5) is 5.27. The second-order valence-electron chi connectivity index (χ2n) is 3.14. The van der Waals surface area contributed by atoms with E-state index in [0.717, 1.165) is 5.69 Å². The summed E-state index contributed by atoms with van der Waals surface area (Å²) in [5, 5.41) is 0. The van der Waals surface area contributed by atoms with Crippen LogP contribution in [0.25, 0.3) is 0 Å². The number of pyridine rings is 1. The van der Waals surface area contributed by atoms with E-state index in [1.807, 2.05) is 25.1 Å². The molecule has 84 valence electrons. The van der Waals surface area contributed by atoms with Gasteiger partial charge in [0.1, 0.15) is 0 Å². The van der Waals surface area contributed by atoms with Crippen LogP contribution in [0, 0.1) is 6.92 Å². The third-order valence-corrected chi connectivity index (χ3v) is 2.60. The molecule has 0 aliphatic rings. The van der Waals surface area contributed by atoms with Gasteiger partial charge in [-0.3, -0.25) is 9.39 Å². The standard InChI is InChI=1S/C9H13NO4S/c1-9-5-2-3-6-10(9)14-7-4-8-15(11,12)13/h2-3,5-6H,4,7-8H2,1H3/p+1. The fourth-order valence-corrected chi connectivity index (χ4v) is 1.55. The van der Waals surface area contributed by atoms with Crippen molar-refractivity contribution in [2.24, 2.45) is 0 Å². The van der Waals surface area contributed by atoms with E-state index in [-0.39, 0.29) is 18.8 Å². The highest BCUT2D eigenvalue weighted by atomic mass is 32.2. The van der Waals surface area contributed by atoms with E-state index < -0.39 is 10.1 Å². The SMILES string of the molecule is Cc1cccc[n+]1OCCCS(=O)(=O)O. The summed E-state index contributed by atoms with van der Waals surface area (Å²) in [6, 6.07) is 5.58. The second kappa shape index (κ2) is 5.09. The summed E-state index contributed by atoms with van der Waals surface area (Å²) in [7, 11) is -3.88. The van der Waals surface area contributed by atoms with Crippen LogP contribution in [-0.4, -0.2) is 25.3 Å². The molecule has 1 aromatic rings. The first kappa shape index (κ1) is 11.9. The molecular formula is C9H14NO4S+. The van der Waals surface area contributed by atoms with Crippen molar-refractivity contribution in [3.05, 3.63) is 30.1 Å². The summed E-state index contributed by atoms with van der Waals surface area (Å²) in [5.74, 6) is -0.278. The summed E-state index contributed by atoms with van der Waals surface area (Å²) < 4.78 is 30.8. The highest BCUT2D eigenvalue weighted by Crippen LogP contribution is 1.88. The minimum atomic E-state index is -3.88. The Morgan fingerprint density at radius 1 is 1.47 bits per heavy atom. The Morgan fingerprint density at radius 2 is 2.20 bits per heavy atom. The highest BCUT2D eigenvalue weighted by Gasteiger charge is 2.08. The molecule has 0 atom stereocenters. The van der Waals surface area contributed by atoms with Crippen LogP contribution < -0.4 is 9.57 Å². The minimum Gasteiger partial charge on any atom is -0.286 e. The van der Waals surface area contributed by atoms with Crippen molar-refractivity contribution in [2.75, 3.05) is 12.4 Å². The molecule has 5 nitrogen and oxygen atoms in total. The van der Waals surface area contributed by atoms with E-state index in [1.54, 1.807) is 10.9 Å². The van der Waals surface area contributed by atoms with Gasteiger partial charge in [0.05, 0.1) is 5.75 Å². The fourth-order valence-electron chi connectivity index (χ4n) is 1.06. The fraction of sp³-hybridized carbons (Fsp3) is 0.444. The minimum absolute atomic E-state index is 0.245. The van der Waals surface area contributed by atoms with Gasteiger partial charge in [-0.15, -0.1) is 0 Å². The van der Waals surface area contributed by atoms with Gasteiger partial charge in [0.2, 0.25) is 11.9 Å². The molecule has 1 aromatic heterocycles. The number of hydrogen-bond donors (Lipinski definition) is 1. The molecule has 0 saturated carbocycles. The maximum Gasteiger partial charge on any atom is 0.264 e. The summed E-state index contributed by atoms with van der Waals surface area (Å²) in [6.07, 6.45) is 2.00. The van der Waals surface area contributed by atoms with Crippen molar-refractivity contribution in [1.82, 2.24) is 0 Å². The molecule has 0 aromatic carbocycles. The van der Waals surface area contributed by atoms with Crippen molar-refractivity contribution < 1.29 is 22.5 Å². The Hall–Kier alpha value is -1.14. The molecule has 0 aliphatic carbocycles. The average molecular weight is 232 g/mol. The lowest BCUT2D eigenvalue weighted by Gasteiger charge is -1.99. The van der Waals surface area contributed by atoms with Gasteiger partial charge in [-0.05, 0) is 6.07 Å². The Labute approximate surface area is 89.0 Å². The number of rotatable bonds is 5. The molecule has 6 heteroatoms. The van der Waals surface area contributed by atoms with Crippen LogP contribution in [0.1, 0.15) is 12.1 Å². The molecule has 1 heterocycles. The van der Waals surface area contributed by atoms with Gasteiger partial charge in [-0.2, -0.15) is 8.42 Å². The lowest BCUT2D eigenvalue weighted by Crippen LogP contribution is -2.45. The van der Waals surface area contributed by atoms with Gasteiger partial charge >= 0.3 is 0 Å². The van der Waals surface area contributed by atoms with Crippen molar-refractivity contribution in [1.29, 1.82) is 0 Å². The monoisotopic (exact) mass is 232 g/mol. The van der Waals surface area contributed by atoms with E-state index in [2.05, 4.69) is 0 Å². The maximum atomic E-state index is 10.4. The molecule has 0 amide bonds. The van der Waals surface area contributed by atoms with Crippen LogP contribution in [0.5, 0.6) is 0 Å². The first-order chi connectivity index (χ1) is 6.99. The van der Waals surface area contributed by atoms with Crippen LogP contribution in [0.4, 0.5) is 0 Å². The predicted octanol–water partition coefficient (Wildman–Crippen LogP) is -0.0110. The lowest BCUT2D eigenvalue weighted by molar-refractivity contribution is -0.895. The number of nitrogens with zero attached hydrogens (tertiary/aromatic N) is 1. The van der Waals surface area contributed by atoms with E-state index in [4.69, 9.17) is 9.39 Å². The van der Waals surface area contributed by atoms with Crippen molar-refractivity contribution in [2.45, 2.75) is 13.3 Å². The van der Waals surface area contributed by atoms with E-state index in [0.29, 0.717) is 0 Å². The van der Waals surface area contributed by atoms with Gasteiger partial charge < -0.3 is 0 Å². The van der Waals surface area contributed by atoms with E-state index in [9.17, 15) is 8.42 Å². The Kier molecular flexibility index (Phi) is 4.05. The molecule has 0 saturated heterocycles. The van der Waals surface area contributed by atoms with E-state index in [1.165, 1.54) is 0 Å². The molecule has 15 heavy (non-hydrogen) atoms. The molecular weight excluding hydrogens is 218 g/mol. The van der Waals surface area contributed by atoms with Gasteiger partial charge in [-0.1, -0.05) is 0 Å². The van der Waals surface area contributed by atoms with Gasteiger partial charge in [0.25, 0.3) is 10.1 Å². The molecule has 0 unspecified atom stereocenters. The maximum absolute atomic E-state index is 10.4. The zero-order valence-electron chi connectivity index (χ0n) is 8.46. The van der Waals surface area contributed by atoms with Gasteiger partial charge in [-0.25, -0.2) is 0 Å². The zero-order chi connectivity index (χ0) is 11.3. The largest absolute Gasteiger partial charge is 0.286 e. The van der Waals surface area contributed by atoms with Gasteiger partial charge in [0.15, 0.2) is 6.61 Å². The zero-order valence-corrected chi connectivity index (χ0v) is 9.27. The van der Waals surface area contributed by atoms with Gasteiger partial charge in [0, 0.05) is 30.2 Å². The van der Waals surface area contributed by atoms with Crippen LogP contribution >= 0.6 is 0 Å². The highest BCUT2D eigenvalue weighted by molar-refractivity contribution is 7.85. The molecule has 0 aliphatic heterocycles. The first-order valence-corrected chi connectivity index (χ1v) is 6.16. The molecule has 1 rings (SSSR count). The number of aryl methyl sites for hydroxylation is 1. The van der Waals surface area contributed by atoms with Crippen LogP contribution in [0.2, 0.25) is 0 Å².